The number of hydrogen-bond acceptors (Lipinski definition) is 7. The zero-order valence-electron chi connectivity index (χ0n) is 19.6. The van der Waals surface area contributed by atoms with E-state index in [0.29, 0.717) is 23.1 Å². The average molecular weight is 498 g/mol. The molecule has 3 aromatic rings. The smallest absolute Gasteiger partial charge is 0.243 e. The van der Waals surface area contributed by atoms with Crippen molar-refractivity contribution < 1.29 is 8.42 Å². The van der Waals surface area contributed by atoms with Crippen molar-refractivity contribution >= 4 is 38.4 Å². The number of nitrogens with one attached hydrogen (secondary N) is 1. The predicted octanol–water partition coefficient (Wildman–Crippen LogP) is 5.28. The Bertz CT molecular complexity index is 1190. The first-order valence-electron chi connectivity index (χ1n) is 11.7. The third kappa shape index (κ3) is 5.65. The van der Waals surface area contributed by atoms with E-state index in [4.69, 9.17) is 0 Å². The first kappa shape index (κ1) is 24.4. The van der Waals surface area contributed by atoms with E-state index >= 15 is 0 Å². The van der Waals surface area contributed by atoms with E-state index in [0.717, 1.165) is 49.2 Å². The Labute approximate surface area is 206 Å². The molecule has 1 aliphatic heterocycles. The number of aromatic nitrogens is 1. The lowest BCUT2D eigenvalue weighted by Gasteiger charge is -2.25. The molecule has 7 nitrogen and oxygen atoms in total. The van der Waals surface area contributed by atoms with Gasteiger partial charge >= 0.3 is 0 Å². The van der Waals surface area contributed by atoms with Crippen LogP contribution in [0.25, 0.3) is 11.3 Å². The molecule has 9 heteroatoms. The van der Waals surface area contributed by atoms with E-state index in [1.165, 1.54) is 17.0 Å². The zero-order valence-corrected chi connectivity index (χ0v) is 21.3. The van der Waals surface area contributed by atoms with Crippen LogP contribution in [-0.4, -0.2) is 50.1 Å². The zero-order chi connectivity index (χ0) is 24.0. The topological polar surface area (TPSA) is 77.9 Å². The van der Waals surface area contributed by atoms with Crippen LogP contribution in [0.5, 0.6) is 0 Å². The monoisotopic (exact) mass is 497 g/mol. The highest BCUT2D eigenvalue weighted by molar-refractivity contribution is 7.89. The van der Waals surface area contributed by atoms with Gasteiger partial charge in [-0.05, 0) is 56.5 Å². The van der Waals surface area contributed by atoms with Crippen LogP contribution in [-0.2, 0) is 10.0 Å². The number of sulfonamides is 1. The molecule has 2 heterocycles. The summed E-state index contributed by atoms with van der Waals surface area (Å²) in [6.07, 6.45) is 4.72. The Morgan fingerprint density at radius 1 is 1.03 bits per heavy atom. The summed E-state index contributed by atoms with van der Waals surface area (Å²) in [5.41, 5.74) is 6.85. The van der Waals surface area contributed by atoms with Crippen molar-refractivity contribution in [2.75, 3.05) is 36.5 Å². The maximum absolute atomic E-state index is 12.8. The van der Waals surface area contributed by atoms with Crippen molar-refractivity contribution in [2.24, 2.45) is 5.10 Å². The highest BCUT2D eigenvalue weighted by Gasteiger charge is 2.25. The number of hydrazone groups is 1. The van der Waals surface area contributed by atoms with Crippen LogP contribution in [0.15, 0.2) is 63.9 Å². The Hall–Kier alpha value is -2.75. The summed E-state index contributed by atoms with van der Waals surface area (Å²) < 4.78 is 27.3. The molecular formula is C25H31N5O2S2. The molecule has 0 bridgehead atoms. The van der Waals surface area contributed by atoms with Gasteiger partial charge in [0.25, 0.3) is 0 Å². The van der Waals surface area contributed by atoms with Crippen LogP contribution in [0.3, 0.4) is 0 Å². The number of anilines is 2. The minimum atomic E-state index is -3.42. The Morgan fingerprint density at radius 3 is 2.35 bits per heavy atom. The van der Waals surface area contributed by atoms with Gasteiger partial charge in [0, 0.05) is 42.8 Å². The first-order chi connectivity index (χ1) is 16.5. The summed E-state index contributed by atoms with van der Waals surface area (Å²) in [5.74, 6) is 0. The molecule has 1 aliphatic rings. The molecule has 0 saturated carbocycles. The van der Waals surface area contributed by atoms with Crippen molar-refractivity contribution in [3.05, 3.63) is 59.5 Å². The number of hydrogen-bond donors (Lipinski definition) is 1. The second kappa shape index (κ2) is 11.1. The van der Waals surface area contributed by atoms with Crippen molar-refractivity contribution in [2.45, 2.75) is 38.0 Å². The summed E-state index contributed by atoms with van der Waals surface area (Å²) in [4.78, 5) is 7.21. The third-order valence-electron chi connectivity index (χ3n) is 6.00. The van der Waals surface area contributed by atoms with E-state index in [1.54, 1.807) is 22.7 Å². The summed E-state index contributed by atoms with van der Waals surface area (Å²) in [6, 6.07) is 15.3. The number of thiazole rings is 1. The van der Waals surface area contributed by atoms with Crippen LogP contribution in [0.1, 0.15) is 38.7 Å². The molecule has 1 aromatic heterocycles. The van der Waals surface area contributed by atoms with Crippen molar-refractivity contribution in [1.29, 1.82) is 0 Å². The molecule has 0 atom stereocenters. The van der Waals surface area contributed by atoms with Crippen LogP contribution in [0.2, 0.25) is 0 Å². The van der Waals surface area contributed by atoms with E-state index < -0.39 is 10.0 Å². The molecule has 34 heavy (non-hydrogen) atoms. The van der Waals surface area contributed by atoms with Crippen LogP contribution >= 0.6 is 11.3 Å². The standard InChI is InChI=1S/C25H31N5O2S2/c1-3-29(4-2)22-12-8-20(9-13-22)18-26-28-25-27-24(19-33-25)21-10-14-23(15-11-21)34(31,32)30-16-6-5-7-17-30/h8-15,18-19H,3-7,16-17H2,1-2H3,(H,27,28). The van der Waals surface area contributed by atoms with Crippen molar-refractivity contribution in [1.82, 2.24) is 9.29 Å². The molecule has 0 aliphatic carbocycles. The molecule has 180 valence electrons. The maximum Gasteiger partial charge on any atom is 0.243 e. The highest BCUT2D eigenvalue weighted by Crippen LogP contribution is 2.27. The molecule has 0 amide bonds. The van der Waals surface area contributed by atoms with Gasteiger partial charge in [-0.1, -0.05) is 30.7 Å². The molecule has 0 radical (unpaired) electrons. The molecule has 0 unspecified atom stereocenters. The predicted molar refractivity (Wildman–Crippen MR) is 141 cm³/mol. The fourth-order valence-electron chi connectivity index (χ4n) is 4.03. The number of piperidine rings is 1. The minimum absolute atomic E-state index is 0.336. The average Bonchev–Trinajstić information content (AvgIpc) is 3.35. The minimum Gasteiger partial charge on any atom is -0.372 e. The lowest BCUT2D eigenvalue weighted by atomic mass is 10.2. The van der Waals surface area contributed by atoms with Crippen molar-refractivity contribution in [3.8, 4) is 11.3 Å². The largest absolute Gasteiger partial charge is 0.372 e. The first-order valence-corrected chi connectivity index (χ1v) is 14.0. The van der Waals surface area contributed by atoms with E-state index in [2.05, 4.69) is 46.4 Å². The lowest BCUT2D eigenvalue weighted by molar-refractivity contribution is 0.346. The van der Waals surface area contributed by atoms with E-state index in [9.17, 15) is 8.42 Å². The summed E-state index contributed by atoms with van der Waals surface area (Å²) in [7, 11) is -3.42. The fraction of sp³-hybridized carbons (Fsp3) is 0.360. The highest BCUT2D eigenvalue weighted by atomic mass is 32.2. The van der Waals surface area contributed by atoms with Gasteiger partial charge in [0.2, 0.25) is 15.2 Å². The fourth-order valence-corrected chi connectivity index (χ4v) is 6.22. The van der Waals surface area contributed by atoms with Gasteiger partial charge in [0.05, 0.1) is 16.8 Å². The van der Waals surface area contributed by atoms with Gasteiger partial charge in [-0.15, -0.1) is 11.3 Å². The Kier molecular flexibility index (Phi) is 7.97. The molecule has 2 aromatic carbocycles. The van der Waals surface area contributed by atoms with Gasteiger partial charge in [0.1, 0.15) is 0 Å². The molecule has 4 rings (SSSR count). The molecule has 1 fully saturated rings. The number of rotatable bonds is 9. The third-order valence-corrected chi connectivity index (χ3v) is 8.66. The van der Waals surface area contributed by atoms with Gasteiger partial charge in [0.15, 0.2) is 0 Å². The number of benzene rings is 2. The SMILES string of the molecule is CCN(CC)c1ccc(C=NNc2nc(-c3ccc(S(=O)(=O)N4CCCCC4)cc3)cs2)cc1. The van der Waals surface area contributed by atoms with Gasteiger partial charge in [-0.3, -0.25) is 5.43 Å². The second-order valence-electron chi connectivity index (χ2n) is 8.16. The van der Waals surface area contributed by atoms with Crippen LogP contribution in [0, 0.1) is 0 Å². The maximum atomic E-state index is 12.8. The molecular weight excluding hydrogens is 466 g/mol. The summed E-state index contributed by atoms with van der Waals surface area (Å²) in [5, 5.41) is 6.92. The normalized spacial score (nSPS) is 15.0. The van der Waals surface area contributed by atoms with Crippen molar-refractivity contribution in [3.63, 3.8) is 0 Å². The summed E-state index contributed by atoms with van der Waals surface area (Å²) in [6.45, 7) is 7.47. The van der Waals surface area contributed by atoms with Gasteiger partial charge < -0.3 is 4.90 Å². The molecule has 1 N–H and O–H groups in total. The quantitative estimate of drug-likeness (QED) is 0.322. The number of nitrogens with zero attached hydrogens (tertiary/aromatic N) is 4. The Balaban J connectivity index is 1.37. The van der Waals surface area contributed by atoms with Crippen LogP contribution in [0.4, 0.5) is 10.8 Å². The van der Waals surface area contributed by atoms with Crippen LogP contribution < -0.4 is 10.3 Å². The molecule has 1 saturated heterocycles. The summed E-state index contributed by atoms with van der Waals surface area (Å²) >= 11 is 1.46. The Morgan fingerprint density at radius 2 is 1.71 bits per heavy atom. The van der Waals surface area contributed by atoms with Gasteiger partial charge in [-0.2, -0.15) is 9.41 Å². The molecule has 0 spiro atoms. The van der Waals surface area contributed by atoms with E-state index in [1.807, 2.05) is 29.6 Å². The second-order valence-corrected chi connectivity index (χ2v) is 11.0. The lowest BCUT2D eigenvalue weighted by Crippen LogP contribution is -2.35. The van der Waals surface area contributed by atoms with Gasteiger partial charge in [-0.25, -0.2) is 13.4 Å². The van der Waals surface area contributed by atoms with E-state index in [-0.39, 0.29) is 0 Å².